The van der Waals surface area contributed by atoms with Gasteiger partial charge in [0.05, 0.1) is 0 Å². The van der Waals surface area contributed by atoms with Crippen LogP contribution >= 0.6 is 11.6 Å². The molecule has 0 heterocycles. The molecule has 0 bridgehead atoms. The zero-order valence-corrected chi connectivity index (χ0v) is 14.1. The third-order valence-corrected chi connectivity index (χ3v) is 4.14. The van der Waals surface area contributed by atoms with Gasteiger partial charge in [-0.05, 0) is 68.1 Å². The Labute approximate surface area is 133 Å². The summed E-state index contributed by atoms with van der Waals surface area (Å²) in [4.78, 5) is 0. The Bertz CT molecular complexity index is 578. The van der Waals surface area contributed by atoms with Gasteiger partial charge in [-0.15, -0.1) is 0 Å². The lowest BCUT2D eigenvalue weighted by molar-refractivity contribution is 0.545. The highest BCUT2D eigenvalue weighted by atomic mass is 35.5. The lowest BCUT2D eigenvalue weighted by Crippen LogP contribution is -2.24. The Balaban J connectivity index is 2.33. The van der Waals surface area contributed by atoms with Crippen molar-refractivity contribution in [2.45, 2.75) is 40.2 Å². The maximum Gasteiger partial charge on any atom is 0.0406 e. The molecule has 1 nitrogen and oxygen atoms in total. The van der Waals surface area contributed by atoms with Gasteiger partial charge in [0.2, 0.25) is 0 Å². The van der Waals surface area contributed by atoms with Crippen LogP contribution in [0.3, 0.4) is 0 Å². The van der Waals surface area contributed by atoms with Crippen LogP contribution in [0.5, 0.6) is 0 Å². The molecule has 2 rings (SSSR count). The Hall–Kier alpha value is -1.31. The first-order valence-electron chi connectivity index (χ1n) is 7.56. The van der Waals surface area contributed by atoms with Gasteiger partial charge in [-0.3, -0.25) is 0 Å². The number of nitrogens with one attached hydrogen (secondary N) is 1. The molecule has 1 unspecified atom stereocenters. The minimum Gasteiger partial charge on any atom is -0.310 e. The summed E-state index contributed by atoms with van der Waals surface area (Å²) in [6, 6.07) is 13.1. The van der Waals surface area contributed by atoms with E-state index in [1.807, 2.05) is 12.1 Å². The highest BCUT2D eigenvalue weighted by Crippen LogP contribution is 2.27. The SMILES string of the molecule is CCNC(Cc1ccc(Cl)cc1)c1c(C)cc(C)cc1C. The minimum absolute atomic E-state index is 0.344. The van der Waals surface area contributed by atoms with Crippen LogP contribution in [0, 0.1) is 20.8 Å². The predicted octanol–water partition coefficient (Wildman–Crippen LogP) is 5.16. The van der Waals surface area contributed by atoms with E-state index in [1.165, 1.54) is 27.8 Å². The molecule has 0 fully saturated rings. The van der Waals surface area contributed by atoms with Crippen LogP contribution in [-0.4, -0.2) is 6.54 Å². The average molecular weight is 302 g/mol. The third-order valence-electron chi connectivity index (χ3n) is 3.89. The maximum absolute atomic E-state index is 5.98. The summed E-state index contributed by atoms with van der Waals surface area (Å²) < 4.78 is 0. The maximum atomic E-state index is 5.98. The van der Waals surface area contributed by atoms with Crippen LogP contribution in [0.15, 0.2) is 36.4 Å². The van der Waals surface area contributed by atoms with Gasteiger partial charge < -0.3 is 5.32 Å². The molecule has 0 saturated carbocycles. The zero-order chi connectivity index (χ0) is 15.4. The fourth-order valence-electron chi connectivity index (χ4n) is 3.12. The van der Waals surface area contributed by atoms with Gasteiger partial charge in [-0.25, -0.2) is 0 Å². The number of benzene rings is 2. The van der Waals surface area contributed by atoms with Crippen molar-refractivity contribution in [3.63, 3.8) is 0 Å². The first kappa shape index (κ1) is 16.1. The summed E-state index contributed by atoms with van der Waals surface area (Å²) in [6.07, 6.45) is 0.982. The second-order valence-electron chi connectivity index (χ2n) is 5.75. The number of hydrogen-bond donors (Lipinski definition) is 1. The van der Waals surface area contributed by atoms with Gasteiger partial charge in [0.25, 0.3) is 0 Å². The van der Waals surface area contributed by atoms with E-state index in [1.54, 1.807) is 0 Å². The molecule has 0 aliphatic carbocycles. The predicted molar refractivity (Wildman–Crippen MR) is 92.2 cm³/mol. The van der Waals surface area contributed by atoms with Crippen LogP contribution in [0.1, 0.15) is 40.8 Å². The van der Waals surface area contributed by atoms with Crippen molar-refractivity contribution >= 4 is 11.6 Å². The van der Waals surface area contributed by atoms with E-state index < -0.39 is 0 Å². The number of likely N-dealkylation sites (N-methyl/N-ethyl adjacent to an activating group) is 1. The van der Waals surface area contributed by atoms with Crippen LogP contribution in [0.4, 0.5) is 0 Å². The lowest BCUT2D eigenvalue weighted by Gasteiger charge is -2.23. The van der Waals surface area contributed by atoms with Gasteiger partial charge in [-0.2, -0.15) is 0 Å². The molecule has 1 N–H and O–H groups in total. The summed E-state index contributed by atoms with van der Waals surface area (Å²) in [5.74, 6) is 0. The van der Waals surface area contributed by atoms with E-state index in [0.717, 1.165) is 18.0 Å². The Morgan fingerprint density at radius 1 is 1.00 bits per heavy atom. The lowest BCUT2D eigenvalue weighted by atomic mass is 9.90. The van der Waals surface area contributed by atoms with E-state index in [9.17, 15) is 0 Å². The van der Waals surface area contributed by atoms with Gasteiger partial charge in [0.1, 0.15) is 0 Å². The molecule has 21 heavy (non-hydrogen) atoms. The molecule has 1 atom stereocenters. The highest BCUT2D eigenvalue weighted by molar-refractivity contribution is 6.30. The first-order chi connectivity index (χ1) is 10.0. The number of halogens is 1. The largest absolute Gasteiger partial charge is 0.310 e. The normalized spacial score (nSPS) is 12.4. The fourth-order valence-corrected chi connectivity index (χ4v) is 3.25. The van der Waals surface area contributed by atoms with Crippen molar-refractivity contribution in [3.8, 4) is 0 Å². The monoisotopic (exact) mass is 301 g/mol. The summed E-state index contributed by atoms with van der Waals surface area (Å²) in [5.41, 5.74) is 6.80. The van der Waals surface area contributed by atoms with Gasteiger partial charge in [0.15, 0.2) is 0 Å². The molecule has 2 heteroatoms. The smallest absolute Gasteiger partial charge is 0.0406 e. The molecule has 2 aromatic rings. The van der Waals surface area contributed by atoms with E-state index in [2.05, 4.69) is 57.3 Å². The van der Waals surface area contributed by atoms with E-state index in [4.69, 9.17) is 11.6 Å². The van der Waals surface area contributed by atoms with Gasteiger partial charge in [-0.1, -0.05) is 48.4 Å². The standard InChI is InChI=1S/C19H24ClN/c1-5-21-18(12-16-6-8-17(20)9-7-16)19-14(3)10-13(2)11-15(19)4/h6-11,18,21H,5,12H2,1-4H3. The molecule has 0 radical (unpaired) electrons. The van der Waals surface area contributed by atoms with E-state index >= 15 is 0 Å². The molecule has 112 valence electrons. The summed E-state index contributed by atoms with van der Waals surface area (Å²) in [6.45, 7) is 9.70. The van der Waals surface area contributed by atoms with Gasteiger partial charge >= 0.3 is 0 Å². The van der Waals surface area contributed by atoms with Crippen LogP contribution in [0.25, 0.3) is 0 Å². The second kappa shape index (κ2) is 7.11. The van der Waals surface area contributed by atoms with Crippen LogP contribution in [0.2, 0.25) is 5.02 Å². The number of rotatable bonds is 5. The van der Waals surface area contributed by atoms with E-state index in [0.29, 0.717) is 6.04 Å². The molecule has 0 aromatic heterocycles. The average Bonchev–Trinajstić information content (AvgIpc) is 2.40. The fraction of sp³-hybridized carbons (Fsp3) is 0.368. The second-order valence-corrected chi connectivity index (χ2v) is 6.19. The summed E-state index contributed by atoms with van der Waals surface area (Å²) in [7, 11) is 0. The Kier molecular flexibility index (Phi) is 5.44. The molecule has 0 saturated heterocycles. The summed E-state index contributed by atoms with van der Waals surface area (Å²) in [5, 5.41) is 4.42. The van der Waals surface area contributed by atoms with Crippen LogP contribution in [-0.2, 0) is 6.42 Å². The molecule has 0 spiro atoms. The zero-order valence-electron chi connectivity index (χ0n) is 13.3. The molecule has 0 aliphatic heterocycles. The third kappa shape index (κ3) is 4.09. The first-order valence-corrected chi connectivity index (χ1v) is 7.94. The highest BCUT2D eigenvalue weighted by Gasteiger charge is 2.16. The van der Waals surface area contributed by atoms with Gasteiger partial charge in [0, 0.05) is 11.1 Å². The Morgan fingerprint density at radius 3 is 2.10 bits per heavy atom. The molecule has 2 aromatic carbocycles. The molecular weight excluding hydrogens is 278 g/mol. The van der Waals surface area contributed by atoms with E-state index in [-0.39, 0.29) is 0 Å². The van der Waals surface area contributed by atoms with Crippen molar-refractivity contribution in [1.29, 1.82) is 0 Å². The minimum atomic E-state index is 0.344. The quantitative estimate of drug-likeness (QED) is 0.804. The van der Waals surface area contributed by atoms with Crippen molar-refractivity contribution in [2.75, 3.05) is 6.54 Å². The number of aryl methyl sites for hydroxylation is 3. The summed E-state index contributed by atoms with van der Waals surface area (Å²) >= 11 is 5.98. The topological polar surface area (TPSA) is 12.0 Å². The van der Waals surface area contributed by atoms with Crippen molar-refractivity contribution in [1.82, 2.24) is 5.32 Å². The van der Waals surface area contributed by atoms with Crippen molar-refractivity contribution < 1.29 is 0 Å². The van der Waals surface area contributed by atoms with Crippen LogP contribution < -0.4 is 5.32 Å². The number of hydrogen-bond acceptors (Lipinski definition) is 1. The van der Waals surface area contributed by atoms with Crippen molar-refractivity contribution in [3.05, 3.63) is 69.2 Å². The molecule has 0 aliphatic rings. The van der Waals surface area contributed by atoms with Crippen molar-refractivity contribution in [2.24, 2.45) is 0 Å². The molecule has 0 amide bonds. The molecular formula is C19H24ClN. The Morgan fingerprint density at radius 2 is 1.57 bits per heavy atom.